The van der Waals surface area contributed by atoms with Crippen LogP contribution in [0.25, 0.3) is 0 Å². The summed E-state index contributed by atoms with van der Waals surface area (Å²) in [7, 11) is 1.66. The number of ether oxygens (including phenoxy) is 1. The van der Waals surface area contributed by atoms with E-state index in [9.17, 15) is 4.79 Å². The van der Waals surface area contributed by atoms with Crippen LogP contribution >= 0.6 is 11.3 Å². The molecule has 1 unspecified atom stereocenters. The molecule has 0 bridgehead atoms. The van der Waals surface area contributed by atoms with Crippen molar-refractivity contribution >= 4 is 17.3 Å². The van der Waals surface area contributed by atoms with Crippen molar-refractivity contribution < 1.29 is 14.6 Å². The average molecular weight is 347 g/mol. The van der Waals surface area contributed by atoms with Gasteiger partial charge in [-0.2, -0.15) is 0 Å². The largest absolute Gasteiger partial charge is 0.495 e. The Hall–Kier alpha value is -1.99. The van der Waals surface area contributed by atoms with E-state index in [-0.39, 0.29) is 5.69 Å². The molecule has 0 spiro atoms. The van der Waals surface area contributed by atoms with Crippen LogP contribution < -0.4 is 4.74 Å². The maximum Gasteiger partial charge on any atom is 0.355 e. The fourth-order valence-electron chi connectivity index (χ4n) is 3.13. The summed E-state index contributed by atoms with van der Waals surface area (Å²) < 4.78 is 5.35. The van der Waals surface area contributed by atoms with E-state index in [1.165, 1.54) is 16.9 Å². The first-order valence-electron chi connectivity index (χ1n) is 7.97. The molecule has 1 aliphatic rings. The molecule has 0 aromatic carbocycles. The first-order chi connectivity index (χ1) is 11.6. The molecule has 0 amide bonds. The molecule has 0 saturated carbocycles. The van der Waals surface area contributed by atoms with Gasteiger partial charge in [-0.3, -0.25) is 9.88 Å². The molecule has 0 aliphatic carbocycles. The number of methoxy groups -OCH3 is 1. The Kier molecular flexibility index (Phi) is 5.11. The van der Waals surface area contributed by atoms with E-state index >= 15 is 0 Å². The number of hydrogen-bond donors (Lipinski definition) is 1. The number of thiazole rings is 1. The summed E-state index contributed by atoms with van der Waals surface area (Å²) >= 11 is 1.45. The van der Waals surface area contributed by atoms with E-state index in [0.29, 0.717) is 5.92 Å². The van der Waals surface area contributed by atoms with Crippen LogP contribution in [0.15, 0.2) is 17.8 Å². The van der Waals surface area contributed by atoms with Crippen LogP contribution in [0.3, 0.4) is 0 Å². The van der Waals surface area contributed by atoms with Crippen LogP contribution in [-0.2, 0) is 6.54 Å². The Morgan fingerprint density at radius 2 is 2.33 bits per heavy atom. The molecule has 1 saturated heterocycles. The van der Waals surface area contributed by atoms with E-state index in [4.69, 9.17) is 9.84 Å². The van der Waals surface area contributed by atoms with Crippen LogP contribution in [0.2, 0.25) is 0 Å². The molecule has 0 radical (unpaired) electrons. The van der Waals surface area contributed by atoms with Crippen molar-refractivity contribution in [3.05, 3.63) is 39.6 Å². The molecular formula is C17H21N3O3S. The van der Waals surface area contributed by atoms with Crippen molar-refractivity contribution in [3.63, 3.8) is 0 Å². The first-order valence-corrected chi connectivity index (χ1v) is 8.85. The molecule has 1 N–H and O–H groups in total. The maximum absolute atomic E-state index is 11.0. The number of hydrogen-bond acceptors (Lipinski definition) is 6. The summed E-state index contributed by atoms with van der Waals surface area (Å²) in [6.45, 7) is 4.80. The highest BCUT2D eigenvalue weighted by Crippen LogP contribution is 2.30. The number of carbonyl (C=O) groups is 1. The molecule has 2 aromatic heterocycles. The van der Waals surface area contributed by atoms with Gasteiger partial charge in [0.1, 0.15) is 5.75 Å². The molecule has 128 valence electrons. The van der Waals surface area contributed by atoms with Crippen molar-refractivity contribution in [2.24, 2.45) is 0 Å². The van der Waals surface area contributed by atoms with Gasteiger partial charge in [-0.1, -0.05) is 0 Å². The number of nitrogens with zero attached hydrogens (tertiary/aromatic N) is 3. The Labute approximate surface area is 145 Å². The second-order valence-corrected chi connectivity index (χ2v) is 6.97. The molecule has 3 heterocycles. The Morgan fingerprint density at radius 1 is 1.50 bits per heavy atom. The van der Waals surface area contributed by atoms with Gasteiger partial charge >= 0.3 is 5.97 Å². The van der Waals surface area contributed by atoms with Crippen LogP contribution in [0.1, 0.15) is 45.4 Å². The smallest absolute Gasteiger partial charge is 0.355 e. The van der Waals surface area contributed by atoms with E-state index in [1.54, 1.807) is 18.7 Å². The third-order valence-corrected chi connectivity index (χ3v) is 5.49. The lowest BCUT2D eigenvalue weighted by Gasteiger charge is -2.32. The lowest BCUT2D eigenvalue weighted by molar-refractivity contribution is 0.0691. The van der Waals surface area contributed by atoms with E-state index < -0.39 is 5.97 Å². The highest BCUT2D eigenvalue weighted by Gasteiger charge is 2.25. The monoisotopic (exact) mass is 347 g/mol. The highest BCUT2D eigenvalue weighted by molar-refractivity contribution is 7.09. The van der Waals surface area contributed by atoms with Gasteiger partial charge in [0.25, 0.3) is 0 Å². The Balaban J connectivity index is 1.70. The minimum Gasteiger partial charge on any atom is -0.495 e. The zero-order valence-corrected chi connectivity index (χ0v) is 14.7. The average Bonchev–Trinajstić information content (AvgIpc) is 3.07. The van der Waals surface area contributed by atoms with E-state index in [2.05, 4.69) is 21.8 Å². The van der Waals surface area contributed by atoms with Crippen molar-refractivity contribution in [1.82, 2.24) is 14.9 Å². The molecule has 2 aromatic rings. The molecule has 6 nitrogen and oxygen atoms in total. The van der Waals surface area contributed by atoms with Crippen LogP contribution in [0.5, 0.6) is 5.75 Å². The standard InChI is InChI=1S/C17H21N3O3S/c1-11-13(6-18-7-15(11)23-2)9-20-5-3-4-12(8-20)16-19-14(10-24-16)17(21)22/h6-7,10,12H,3-5,8-9H2,1-2H3,(H,21,22). The molecule has 1 fully saturated rings. The number of aromatic nitrogens is 2. The van der Waals surface area contributed by atoms with Crippen molar-refractivity contribution in [1.29, 1.82) is 0 Å². The second kappa shape index (κ2) is 7.27. The van der Waals surface area contributed by atoms with Gasteiger partial charge < -0.3 is 9.84 Å². The fourth-order valence-corrected chi connectivity index (χ4v) is 4.05. The molecule has 7 heteroatoms. The number of piperidine rings is 1. The maximum atomic E-state index is 11.0. The predicted molar refractivity (Wildman–Crippen MR) is 91.9 cm³/mol. The van der Waals surface area contributed by atoms with Crippen molar-refractivity contribution in [2.75, 3.05) is 20.2 Å². The summed E-state index contributed by atoms with van der Waals surface area (Å²) in [5.41, 5.74) is 2.44. The number of carboxylic acid groups (broad SMARTS) is 1. The third-order valence-electron chi connectivity index (χ3n) is 4.48. The predicted octanol–water partition coefficient (Wildman–Crippen LogP) is 2.93. The summed E-state index contributed by atoms with van der Waals surface area (Å²) in [5.74, 6) is 0.158. The van der Waals surface area contributed by atoms with Gasteiger partial charge in [-0.05, 0) is 37.4 Å². The lowest BCUT2D eigenvalue weighted by atomic mass is 9.98. The number of likely N-dealkylation sites (tertiary alicyclic amines) is 1. The summed E-state index contributed by atoms with van der Waals surface area (Å²) in [6, 6.07) is 0. The van der Waals surface area contributed by atoms with Gasteiger partial charge in [0.05, 0.1) is 18.3 Å². The van der Waals surface area contributed by atoms with Gasteiger partial charge in [0, 0.05) is 30.6 Å². The summed E-state index contributed by atoms with van der Waals surface area (Å²) in [5, 5.41) is 11.6. The minimum absolute atomic E-state index is 0.153. The molecule has 1 atom stereocenters. The second-order valence-electron chi connectivity index (χ2n) is 6.08. The fraction of sp³-hybridized carbons (Fsp3) is 0.471. The summed E-state index contributed by atoms with van der Waals surface area (Å²) in [4.78, 5) is 21.9. The van der Waals surface area contributed by atoms with Crippen LogP contribution in [0, 0.1) is 6.92 Å². The minimum atomic E-state index is -0.955. The quantitative estimate of drug-likeness (QED) is 0.896. The molecule has 3 rings (SSSR count). The number of aromatic carboxylic acids is 1. The van der Waals surface area contributed by atoms with Crippen molar-refractivity contribution in [3.8, 4) is 5.75 Å². The molecule has 1 aliphatic heterocycles. The van der Waals surface area contributed by atoms with Gasteiger partial charge in [0.2, 0.25) is 0 Å². The van der Waals surface area contributed by atoms with Crippen molar-refractivity contribution in [2.45, 2.75) is 32.2 Å². The van der Waals surface area contributed by atoms with Crippen LogP contribution in [-0.4, -0.2) is 46.1 Å². The zero-order chi connectivity index (χ0) is 17.1. The Morgan fingerprint density at radius 3 is 3.04 bits per heavy atom. The van der Waals surface area contributed by atoms with E-state index in [1.807, 2.05) is 6.20 Å². The lowest BCUT2D eigenvalue weighted by Crippen LogP contribution is -2.34. The zero-order valence-electron chi connectivity index (χ0n) is 13.9. The number of pyridine rings is 1. The third kappa shape index (κ3) is 3.57. The highest BCUT2D eigenvalue weighted by atomic mass is 32.1. The Bertz CT molecular complexity index is 732. The molecular weight excluding hydrogens is 326 g/mol. The number of carboxylic acids is 1. The van der Waals surface area contributed by atoms with Gasteiger partial charge in [0.15, 0.2) is 5.69 Å². The molecule has 24 heavy (non-hydrogen) atoms. The normalized spacial score (nSPS) is 18.5. The number of rotatable bonds is 5. The first kappa shape index (κ1) is 16.9. The van der Waals surface area contributed by atoms with E-state index in [0.717, 1.165) is 48.8 Å². The SMILES string of the molecule is COc1cncc(CN2CCCC(c3nc(C(=O)O)cs3)C2)c1C. The topological polar surface area (TPSA) is 75.5 Å². The van der Waals surface area contributed by atoms with Gasteiger partial charge in [-0.15, -0.1) is 11.3 Å². The summed E-state index contributed by atoms with van der Waals surface area (Å²) in [6.07, 6.45) is 5.77. The van der Waals surface area contributed by atoms with Gasteiger partial charge in [-0.25, -0.2) is 9.78 Å². The van der Waals surface area contributed by atoms with Crippen LogP contribution in [0.4, 0.5) is 0 Å².